The first kappa shape index (κ1) is 33.0. The first-order valence-corrected chi connectivity index (χ1v) is 15.8. The van der Waals surface area contributed by atoms with Crippen LogP contribution in [-0.4, -0.2) is 31.6 Å². The third-order valence-electron chi connectivity index (χ3n) is 8.43. The van der Waals surface area contributed by atoms with Gasteiger partial charge < -0.3 is 19.5 Å². The molecule has 0 spiro atoms. The van der Waals surface area contributed by atoms with Crippen molar-refractivity contribution in [3.63, 3.8) is 0 Å². The molecule has 48 heavy (non-hydrogen) atoms. The number of halogens is 4. The average Bonchev–Trinajstić information content (AvgIpc) is 3.22. The maximum Gasteiger partial charge on any atom is 0.471 e. The van der Waals surface area contributed by atoms with Gasteiger partial charge in [-0.2, -0.15) is 13.2 Å². The number of allylic oxidation sites excluding steroid dienone is 1. The van der Waals surface area contributed by atoms with E-state index in [9.17, 15) is 22.8 Å². The second-order valence-corrected chi connectivity index (χ2v) is 11.9. The van der Waals surface area contributed by atoms with Crippen molar-refractivity contribution in [2.45, 2.75) is 44.5 Å². The lowest BCUT2D eigenvalue weighted by molar-refractivity contribution is -0.170. The number of nitrogens with one attached hydrogen (secondary N) is 1. The van der Waals surface area contributed by atoms with Crippen LogP contribution in [-0.2, 0) is 16.2 Å². The lowest BCUT2D eigenvalue weighted by Gasteiger charge is -2.35. The number of fused-ring (bicyclic) bond motifs is 1. The molecule has 0 radical (unpaired) electrons. The van der Waals surface area contributed by atoms with E-state index in [0.29, 0.717) is 33.5 Å². The van der Waals surface area contributed by atoms with E-state index in [1.54, 1.807) is 74.7 Å². The van der Waals surface area contributed by atoms with Crippen molar-refractivity contribution in [3.8, 4) is 17.2 Å². The third-order valence-corrected chi connectivity index (χ3v) is 8.68. The quantitative estimate of drug-likeness (QED) is 0.201. The minimum atomic E-state index is -5.23. The first-order valence-electron chi connectivity index (χ1n) is 15.4. The summed E-state index contributed by atoms with van der Waals surface area (Å²) < 4.78 is 60.4. The Morgan fingerprint density at radius 3 is 2.31 bits per heavy atom. The highest BCUT2D eigenvalue weighted by atomic mass is 35.5. The molecule has 1 heterocycles. The molecule has 6 rings (SSSR count). The van der Waals surface area contributed by atoms with Gasteiger partial charge in [-0.3, -0.25) is 14.5 Å². The Labute approximate surface area is 280 Å². The van der Waals surface area contributed by atoms with Crippen LogP contribution in [0.5, 0.6) is 17.2 Å². The molecule has 0 unspecified atom stereocenters. The van der Waals surface area contributed by atoms with E-state index in [2.05, 4.69) is 5.32 Å². The number of amides is 1. The Hall–Kier alpha value is -4.96. The molecule has 2 atom stereocenters. The van der Waals surface area contributed by atoms with Gasteiger partial charge in [-0.05, 0) is 84.5 Å². The van der Waals surface area contributed by atoms with E-state index in [0.717, 1.165) is 11.1 Å². The number of hydrogen-bond acceptors (Lipinski definition) is 6. The molecule has 11 heteroatoms. The van der Waals surface area contributed by atoms with Gasteiger partial charge in [0.1, 0.15) is 12.4 Å². The number of Topliss-reactive ketones (excluding diaryl/α,β-unsaturated/α-hetero) is 1. The van der Waals surface area contributed by atoms with Gasteiger partial charge in [0, 0.05) is 22.7 Å². The van der Waals surface area contributed by atoms with Crippen LogP contribution in [0.1, 0.15) is 48.4 Å². The fourth-order valence-electron chi connectivity index (χ4n) is 6.20. The summed E-state index contributed by atoms with van der Waals surface area (Å²) in [5, 5.41) is 3.83. The highest BCUT2D eigenvalue weighted by molar-refractivity contribution is 6.30. The molecule has 1 aliphatic heterocycles. The van der Waals surface area contributed by atoms with E-state index in [1.165, 1.54) is 6.07 Å². The summed E-state index contributed by atoms with van der Waals surface area (Å²) in [6, 6.07) is 24.0. The molecule has 1 N–H and O–H groups in total. The van der Waals surface area contributed by atoms with Crippen LogP contribution in [0.25, 0.3) is 0 Å². The van der Waals surface area contributed by atoms with Crippen LogP contribution in [0.2, 0.25) is 5.02 Å². The minimum absolute atomic E-state index is 0.00551. The molecule has 0 fully saturated rings. The number of carbonyl (C=O) groups is 2. The fraction of sp³-hybridized carbons (Fsp3) is 0.243. The number of nitrogens with zero attached hydrogens (tertiary/aromatic N) is 1. The first-order chi connectivity index (χ1) is 23.1. The van der Waals surface area contributed by atoms with E-state index in [4.69, 9.17) is 25.8 Å². The van der Waals surface area contributed by atoms with E-state index in [1.807, 2.05) is 24.3 Å². The standard InChI is InChI=1S/C37H32ClF3N2O5/c1-3-47-33-20-24(12-17-32(33)48-21-22-8-13-26(38)14-9-22)35-34-29(18-25(19-31(34)44)23-10-15-27(46-2)16-11-23)42-28-6-4-5-7-30(28)43(35)36(45)37(39,40)41/h4-17,20,25,35,42H,3,18-19,21H2,1-2H3/t25-,35+/m0/s1. The van der Waals surface area contributed by atoms with Crippen molar-refractivity contribution in [3.05, 3.63) is 124 Å². The molecule has 7 nitrogen and oxygen atoms in total. The normalized spacial score (nSPS) is 17.5. The van der Waals surface area contributed by atoms with Gasteiger partial charge in [0.15, 0.2) is 17.3 Å². The van der Waals surface area contributed by atoms with Crippen LogP contribution in [0.15, 0.2) is 102 Å². The lowest BCUT2D eigenvalue weighted by atomic mass is 9.78. The highest BCUT2D eigenvalue weighted by Crippen LogP contribution is 2.49. The predicted octanol–water partition coefficient (Wildman–Crippen LogP) is 8.79. The van der Waals surface area contributed by atoms with Crippen LogP contribution < -0.4 is 24.4 Å². The van der Waals surface area contributed by atoms with Gasteiger partial charge in [-0.25, -0.2) is 0 Å². The van der Waals surface area contributed by atoms with Crippen molar-refractivity contribution >= 4 is 34.7 Å². The van der Waals surface area contributed by atoms with Crippen molar-refractivity contribution in [2.75, 3.05) is 23.9 Å². The van der Waals surface area contributed by atoms with E-state index in [-0.39, 0.29) is 59.6 Å². The van der Waals surface area contributed by atoms with Crippen LogP contribution >= 0.6 is 11.6 Å². The van der Waals surface area contributed by atoms with Crippen molar-refractivity contribution < 1.29 is 37.0 Å². The topological polar surface area (TPSA) is 77.1 Å². The van der Waals surface area contributed by atoms with E-state index < -0.39 is 18.1 Å². The number of ketones is 1. The predicted molar refractivity (Wildman–Crippen MR) is 177 cm³/mol. The zero-order valence-corrected chi connectivity index (χ0v) is 26.9. The zero-order chi connectivity index (χ0) is 34.0. The summed E-state index contributed by atoms with van der Waals surface area (Å²) in [4.78, 5) is 28.2. The SMILES string of the molecule is CCOc1cc([C@@H]2C3=C(C[C@H](c4ccc(OC)cc4)CC3=O)Nc3ccccc3N2C(=O)C(F)(F)F)ccc1OCc1ccc(Cl)cc1. The Morgan fingerprint density at radius 1 is 0.917 bits per heavy atom. The summed E-state index contributed by atoms with van der Waals surface area (Å²) in [5.41, 5.74) is 2.80. The average molecular weight is 677 g/mol. The molecule has 4 aromatic rings. The molecule has 1 aliphatic carbocycles. The Bertz CT molecular complexity index is 1860. The Morgan fingerprint density at radius 2 is 1.62 bits per heavy atom. The highest BCUT2D eigenvalue weighted by Gasteiger charge is 2.50. The molecule has 2 aliphatic rings. The monoisotopic (exact) mass is 676 g/mol. The molecule has 0 saturated carbocycles. The number of para-hydroxylation sites is 2. The fourth-order valence-corrected chi connectivity index (χ4v) is 6.33. The second-order valence-electron chi connectivity index (χ2n) is 11.5. The number of carbonyl (C=O) groups excluding carboxylic acids is 2. The number of rotatable bonds is 8. The largest absolute Gasteiger partial charge is 0.497 e. The molecule has 0 saturated heterocycles. The van der Waals surface area contributed by atoms with Gasteiger partial charge in [0.05, 0.1) is 31.1 Å². The number of benzene rings is 4. The molecule has 4 aromatic carbocycles. The number of ether oxygens (including phenoxy) is 3. The van der Waals surface area contributed by atoms with Crippen molar-refractivity contribution in [1.29, 1.82) is 0 Å². The van der Waals surface area contributed by atoms with Gasteiger partial charge in [-0.1, -0.05) is 54.1 Å². The summed E-state index contributed by atoms with van der Waals surface area (Å²) in [6.07, 6.45) is -4.87. The van der Waals surface area contributed by atoms with Gasteiger partial charge in [-0.15, -0.1) is 0 Å². The molecule has 248 valence electrons. The number of methoxy groups -OCH3 is 1. The molecule has 0 aromatic heterocycles. The molecule has 1 amide bonds. The van der Waals surface area contributed by atoms with Crippen LogP contribution in [0, 0.1) is 0 Å². The summed E-state index contributed by atoms with van der Waals surface area (Å²) in [5.74, 6) is -1.45. The van der Waals surface area contributed by atoms with Crippen molar-refractivity contribution in [2.24, 2.45) is 0 Å². The number of alkyl halides is 3. The summed E-state index contributed by atoms with van der Waals surface area (Å²) >= 11 is 6.01. The molecular weight excluding hydrogens is 645 g/mol. The van der Waals surface area contributed by atoms with Gasteiger partial charge in [0.2, 0.25) is 0 Å². The minimum Gasteiger partial charge on any atom is -0.497 e. The second kappa shape index (κ2) is 13.6. The van der Waals surface area contributed by atoms with E-state index >= 15 is 0 Å². The Kier molecular flexibility index (Phi) is 9.37. The van der Waals surface area contributed by atoms with Crippen LogP contribution in [0.3, 0.4) is 0 Å². The Balaban J connectivity index is 1.48. The molecule has 0 bridgehead atoms. The van der Waals surface area contributed by atoms with Crippen LogP contribution in [0.4, 0.5) is 24.5 Å². The maximum absolute atomic E-state index is 14.4. The lowest BCUT2D eigenvalue weighted by Crippen LogP contribution is -2.45. The van der Waals surface area contributed by atoms with Gasteiger partial charge in [0.25, 0.3) is 0 Å². The summed E-state index contributed by atoms with van der Waals surface area (Å²) in [6.45, 7) is 2.18. The zero-order valence-electron chi connectivity index (χ0n) is 26.1. The van der Waals surface area contributed by atoms with Gasteiger partial charge >= 0.3 is 12.1 Å². The smallest absolute Gasteiger partial charge is 0.471 e. The number of hydrogen-bond donors (Lipinski definition) is 1. The van der Waals surface area contributed by atoms with Crippen molar-refractivity contribution in [1.82, 2.24) is 0 Å². The third kappa shape index (κ3) is 6.71. The maximum atomic E-state index is 14.4. The summed E-state index contributed by atoms with van der Waals surface area (Å²) in [7, 11) is 1.56. The molecular formula is C37H32ClF3N2O5. The number of anilines is 2.